The summed E-state index contributed by atoms with van der Waals surface area (Å²) in [5.74, 6) is 0.677. The van der Waals surface area contributed by atoms with Crippen molar-refractivity contribution in [2.75, 3.05) is 0 Å². The van der Waals surface area contributed by atoms with E-state index in [1.807, 2.05) is 0 Å². The maximum atomic E-state index is 6.24. The fraction of sp³-hybridized carbons (Fsp3) is 0.571. The van der Waals surface area contributed by atoms with Crippen molar-refractivity contribution in [2.24, 2.45) is 5.41 Å². The number of ether oxygens (including phenoxy) is 1. The van der Waals surface area contributed by atoms with E-state index in [2.05, 4.69) is 38.1 Å². The first kappa shape index (κ1) is 8.35. The lowest BCUT2D eigenvalue weighted by molar-refractivity contribution is -0.00361. The third kappa shape index (κ3) is 0.654. The summed E-state index contributed by atoms with van der Waals surface area (Å²) < 4.78 is 6.24. The van der Waals surface area contributed by atoms with Gasteiger partial charge < -0.3 is 4.74 Å². The van der Waals surface area contributed by atoms with Crippen molar-refractivity contribution in [3.05, 3.63) is 35.4 Å². The second kappa shape index (κ2) is 2.15. The Bertz CT molecular complexity index is 452. The second-order valence-electron chi connectivity index (χ2n) is 5.49. The van der Waals surface area contributed by atoms with Crippen molar-refractivity contribution in [2.45, 2.75) is 44.3 Å². The van der Waals surface area contributed by atoms with Crippen molar-refractivity contribution in [1.29, 1.82) is 0 Å². The SMILES string of the molecule is CC[C@]12C[C@@H]3O[C@@]1(C)[C@H]2c1ccccc13. The van der Waals surface area contributed by atoms with Gasteiger partial charge in [-0.1, -0.05) is 31.2 Å². The van der Waals surface area contributed by atoms with Crippen LogP contribution >= 0.6 is 0 Å². The lowest BCUT2D eigenvalue weighted by Gasteiger charge is -2.29. The minimum atomic E-state index is 0.167. The molecular formula is C14H16O. The highest BCUT2D eigenvalue weighted by Crippen LogP contribution is 2.83. The van der Waals surface area contributed by atoms with Crippen molar-refractivity contribution >= 4 is 0 Å². The van der Waals surface area contributed by atoms with E-state index in [1.54, 1.807) is 5.56 Å². The molecule has 4 bridgehead atoms. The molecule has 2 heterocycles. The largest absolute Gasteiger partial charge is 0.366 e. The van der Waals surface area contributed by atoms with Crippen LogP contribution in [0.1, 0.15) is 49.8 Å². The van der Waals surface area contributed by atoms with Gasteiger partial charge in [0, 0.05) is 11.3 Å². The highest BCUT2D eigenvalue weighted by atomic mass is 16.5. The number of benzene rings is 1. The van der Waals surface area contributed by atoms with Gasteiger partial charge in [-0.25, -0.2) is 0 Å². The Morgan fingerprint density at radius 1 is 1.33 bits per heavy atom. The summed E-state index contributed by atoms with van der Waals surface area (Å²) in [5.41, 5.74) is 3.68. The second-order valence-corrected chi connectivity index (χ2v) is 5.49. The molecule has 0 aromatic heterocycles. The van der Waals surface area contributed by atoms with Gasteiger partial charge in [0.1, 0.15) is 0 Å². The molecule has 2 aliphatic carbocycles. The molecule has 4 atom stereocenters. The Morgan fingerprint density at radius 2 is 2.07 bits per heavy atom. The molecule has 1 aromatic rings. The normalized spacial score (nSPS) is 48.9. The Hall–Kier alpha value is -0.820. The van der Waals surface area contributed by atoms with Gasteiger partial charge in [-0.2, -0.15) is 0 Å². The van der Waals surface area contributed by atoms with E-state index in [9.17, 15) is 0 Å². The molecule has 0 radical (unpaired) electrons. The highest BCUT2D eigenvalue weighted by Gasteiger charge is 2.81. The van der Waals surface area contributed by atoms with Gasteiger partial charge in [0.05, 0.1) is 11.7 Å². The first-order valence-electron chi connectivity index (χ1n) is 5.99. The van der Waals surface area contributed by atoms with E-state index in [-0.39, 0.29) is 5.60 Å². The molecular weight excluding hydrogens is 184 g/mol. The first-order chi connectivity index (χ1) is 7.23. The van der Waals surface area contributed by atoms with Gasteiger partial charge in [-0.15, -0.1) is 0 Å². The molecule has 1 saturated carbocycles. The van der Waals surface area contributed by atoms with E-state index < -0.39 is 0 Å². The number of hydrogen-bond acceptors (Lipinski definition) is 1. The van der Waals surface area contributed by atoms with Crippen LogP contribution in [-0.4, -0.2) is 5.60 Å². The van der Waals surface area contributed by atoms with Crippen molar-refractivity contribution in [1.82, 2.24) is 0 Å². The number of hydrogen-bond donors (Lipinski definition) is 0. The zero-order valence-corrected chi connectivity index (χ0v) is 9.29. The Kier molecular flexibility index (Phi) is 1.19. The van der Waals surface area contributed by atoms with Gasteiger partial charge in [0.25, 0.3) is 0 Å². The molecule has 0 N–H and O–H groups in total. The molecule has 78 valence electrons. The standard InChI is InChI=1S/C14H16O/c1-3-14-8-11-9-6-4-5-7-10(9)12(14)13(14,2)15-11/h4-7,11-12H,3,8H2,1-2H3/t11-,12+,13-,14+/m0/s1. The molecule has 0 unspecified atom stereocenters. The molecule has 0 spiro atoms. The van der Waals surface area contributed by atoms with Crippen LogP contribution in [0.4, 0.5) is 0 Å². The fourth-order valence-corrected chi connectivity index (χ4v) is 4.44. The van der Waals surface area contributed by atoms with Gasteiger partial charge in [0.2, 0.25) is 0 Å². The predicted octanol–water partition coefficient (Wildman–Crippen LogP) is 3.41. The maximum absolute atomic E-state index is 6.24. The molecule has 1 saturated heterocycles. The summed E-state index contributed by atoms with van der Waals surface area (Å²) in [6, 6.07) is 8.87. The van der Waals surface area contributed by atoms with Crippen molar-refractivity contribution in [3.63, 3.8) is 0 Å². The Balaban J connectivity index is 1.96. The molecule has 1 nitrogen and oxygen atoms in total. The summed E-state index contributed by atoms with van der Waals surface area (Å²) in [5, 5.41) is 0. The van der Waals surface area contributed by atoms with Gasteiger partial charge >= 0.3 is 0 Å². The molecule has 15 heavy (non-hydrogen) atoms. The first-order valence-corrected chi connectivity index (χ1v) is 5.99. The van der Waals surface area contributed by atoms with E-state index in [0.717, 1.165) is 0 Å². The lowest BCUT2D eigenvalue weighted by atomic mass is 9.81. The van der Waals surface area contributed by atoms with Crippen LogP contribution in [0.2, 0.25) is 0 Å². The van der Waals surface area contributed by atoms with Crippen LogP contribution in [-0.2, 0) is 4.74 Å². The van der Waals surface area contributed by atoms with Gasteiger partial charge in [0.15, 0.2) is 0 Å². The smallest absolute Gasteiger partial charge is 0.0842 e. The summed E-state index contributed by atoms with van der Waals surface area (Å²) in [6.07, 6.45) is 2.90. The molecule has 5 rings (SSSR count). The lowest BCUT2D eigenvalue weighted by Crippen LogP contribution is -2.19. The molecule has 2 fully saturated rings. The van der Waals surface area contributed by atoms with Crippen molar-refractivity contribution < 1.29 is 4.74 Å². The quantitative estimate of drug-likeness (QED) is 0.675. The van der Waals surface area contributed by atoms with Crippen LogP contribution < -0.4 is 0 Å². The summed E-state index contributed by atoms with van der Waals surface area (Å²) in [6.45, 7) is 4.63. The summed E-state index contributed by atoms with van der Waals surface area (Å²) >= 11 is 0. The predicted molar refractivity (Wildman–Crippen MR) is 58.8 cm³/mol. The average molecular weight is 200 g/mol. The minimum Gasteiger partial charge on any atom is -0.366 e. The summed E-state index contributed by atoms with van der Waals surface area (Å²) in [7, 11) is 0. The monoisotopic (exact) mass is 200 g/mol. The average Bonchev–Trinajstić information content (AvgIpc) is 2.68. The Morgan fingerprint density at radius 3 is 2.73 bits per heavy atom. The van der Waals surface area contributed by atoms with Crippen LogP contribution in [0.25, 0.3) is 0 Å². The van der Waals surface area contributed by atoms with Gasteiger partial charge in [-0.05, 0) is 30.9 Å². The molecule has 4 aliphatic rings. The zero-order valence-electron chi connectivity index (χ0n) is 9.29. The van der Waals surface area contributed by atoms with E-state index in [0.29, 0.717) is 17.4 Å². The molecule has 1 aromatic carbocycles. The zero-order chi connectivity index (χ0) is 10.3. The van der Waals surface area contributed by atoms with E-state index in [1.165, 1.54) is 18.4 Å². The maximum Gasteiger partial charge on any atom is 0.0842 e. The fourth-order valence-electron chi connectivity index (χ4n) is 4.44. The van der Waals surface area contributed by atoms with Crippen LogP contribution in [0.3, 0.4) is 0 Å². The highest BCUT2D eigenvalue weighted by molar-refractivity contribution is 5.52. The van der Waals surface area contributed by atoms with Gasteiger partial charge in [-0.3, -0.25) is 0 Å². The number of rotatable bonds is 1. The Labute approximate surface area is 90.4 Å². The molecule has 1 heteroatoms. The topological polar surface area (TPSA) is 9.23 Å². The third-order valence-electron chi connectivity index (χ3n) is 5.23. The minimum absolute atomic E-state index is 0.167. The summed E-state index contributed by atoms with van der Waals surface area (Å²) in [4.78, 5) is 0. The molecule has 0 amide bonds. The van der Waals surface area contributed by atoms with Crippen LogP contribution in [0.5, 0.6) is 0 Å². The van der Waals surface area contributed by atoms with Crippen molar-refractivity contribution in [3.8, 4) is 0 Å². The van der Waals surface area contributed by atoms with Crippen LogP contribution in [0.15, 0.2) is 24.3 Å². The van der Waals surface area contributed by atoms with E-state index in [4.69, 9.17) is 4.74 Å². The molecule has 2 aliphatic heterocycles. The van der Waals surface area contributed by atoms with Crippen LogP contribution in [0, 0.1) is 5.41 Å². The van der Waals surface area contributed by atoms with E-state index >= 15 is 0 Å². The third-order valence-corrected chi connectivity index (χ3v) is 5.23.